The second-order valence-corrected chi connectivity index (χ2v) is 6.06. The molecule has 1 aromatic carbocycles. The Morgan fingerprint density at radius 3 is 2.67 bits per heavy atom. The predicted octanol–water partition coefficient (Wildman–Crippen LogP) is 0.208. The van der Waals surface area contributed by atoms with Gasteiger partial charge in [-0.15, -0.1) is 0 Å². The maximum atomic E-state index is 12.3. The first-order valence-corrected chi connectivity index (χ1v) is 8.08. The number of aromatic nitrogens is 2. The zero-order valence-electron chi connectivity index (χ0n) is 10.5. The lowest BCUT2D eigenvalue weighted by Crippen LogP contribution is -2.31. The van der Waals surface area contributed by atoms with Crippen LogP contribution in [-0.4, -0.2) is 26.8 Å². The molecule has 0 amide bonds. The quantitative estimate of drug-likeness (QED) is 0.400. The van der Waals surface area contributed by atoms with Crippen molar-refractivity contribution < 1.29 is 31.8 Å². The summed E-state index contributed by atoms with van der Waals surface area (Å²) >= 11 is 0. The monoisotopic (exact) mass is 334 g/mol. The summed E-state index contributed by atoms with van der Waals surface area (Å²) in [5.74, 6) is -0.474. The summed E-state index contributed by atoms with van der Waals surface area (Å²) in [5.41, 5.74) is 0. The van der Waals surface area contributed by atoms with Crippen molar-refractivity contribution in [3.63, 3.8) is 0 Å². The molecule has 0 N–H and O–H groups in total. The van der Waals surface area contributed by atoms with Gasteiger partial charge in [-0.2, -0.15) is 0 Å². The van der Waals surface area contributed by atoms with Crippen LogP contribution in [0.2, 0.25) is 0 Å². The van der Waals surface area contributed by atoms with Gasteiger partial charge in [0.1, 0.15) is 6.61 Å². The number of rotatable bonds is 7. The van der Waals surface area contributed by atoms with E-state index >= 15 is 0 Å². The van der Waals surface area contributed by atoms with Crippen LogP contribution in [0.25, 0.3) is 0 Å². The first-order chi connectivity index (χ1) is 10.1. The highest BCUT2D eigenvalue weighted by Crippen LogP contribution is 2.24. The molecule has 0 aliphatic rings. The molecule has 0 fully saturated rings. The van der Waals surface area contributed by atoms with E-state index in [1.54, 1.807) is 6.07 Å². The Labute approximate surface area is 120 Å². The number of hydrogen-bond donors (Lipinski definition) is 0. The van der Waals surface area contributed by atoms with Crippen molar-refractivity contribution in [1.82, 2.24) is 5.16 Å². The molecule has 9 nitrogen and oxygen atoms in total. The van der Waals surface area contributed by atoms with Gasteiger partial charge in [-0.05, 0) is 17.0 Å². The highest BCUT2D eigenvalue weighted by atomic mass is 32.2. The minimum Gasteiger partial charge on any atom is -0.452 e. The molecule has 0 spiro atoms. The second-order valence-electron chi connectivity index (χ2n) is 3.67. The fourth-order valence-electron chi connectivity index (χ4n) is 1.48. The van der Waals surface area contributed by atoms with Gasteiger partial charge in [-0.3, -0.25) is 9.19 Å². The van der Waals surface area contributed by atoms with Crippen LogP contribution < -0.4 is 9.64 Å². The normalized spacial score (nSPS) is 12.0. The van der Waals surface area contributed by atoms with Crippen LogP contribution in [-0.2, 0) is 18.9 Å². The van der Waals surface area contributed by atoms with Crippen LogP contribution in [0.5, 0.6) is 5.88 Å². The third-order valence-corrected chi connectivity index (χ3v) is 4.46. The largest absolute Gasteiger partial charge is 0.452 e. The number of hydrogen-bond acceptors (Lipinski definition) is 8. The maximum absolute atomic E-state index is 12.3. The summed E-state index contributed by atoms with van der Waals surface area (Å²) in [6.45, 7) is -0.158. The molecule has 0 radical (unpaired) electrons. The number of sulfone groups is 1. The third kappa shape index (κ3) is 3.41. The molecule has 0 saturated heterocycles. The zero-order valence-corrected chi connectivity index (χ0v) is 12.5. The molecule has 2 aromatic rings. The first kappa shape index (κ1) is 15.5. The Hall–Kier alpha value is -1.90. The van der Waals surface area contributed by atoms with Gasteiger partial charge in [0, 0.05) is 0 Å². The van der Waals surface area contributed by atoms with Gasteiger partial charge < -0.3 is 14.5 Å². The molecular formula is C10H11N2O7PS. The SMILES string of the molecule is O=[PH2]OCCOc1no[n+]([O-])c1S(=O)(=O)c1ccccc1. The van der Waals surface area contributed by atoms with Gasteiger partial charge in [0.25, 0.3) is 9.84 Å². The van der Waals surface area contributed by atoms with Crippen molar-refractivity contribution >= 4 is 18.5 Å². The van der Waals surface area contributed by atoms with Gasteiger partial charge in [0.05, 0.1) is 16.7 Å². The first-order valence-electron chi connectivity index (χ1n) is 5.65. The Kier molecular flexibility index (Phi) is 4.94. The third-order valence-electron chi connectivity index (χ3n) is 2.36. The minimum absolute atomic E-state index is 0.0324. The van der Waals surface area contributed by atoms with E-state index in [0.717, 1.165) is 0 Å². The molecule has 0 bridgehead atoms. The summed E-state index contributed by atoms with van der Waals surface area (Å²) in [4.78, 5) is -0.333. The van der Waals surface area contributed by atoms with Crippen molar-refractivity contribution in [2.24, 2.45) is 0 Å². The molecule has 1 atom stereocenters. The molecule has 114 valence electrons. The summed E-state index contributed by atoms with van der Waals surface area (Å²) in [6.07, 6.45) is 0. The van der Waals surface area contributed by atoms with E-state index in [1.165, 1.54) is 24.3 Å². The molecule has 11 heteroatoms. The lowest BCUT2D eigenvalue weighted by Gasteiger charge is -2.02. The number of nitrogens with zero attached hydrogens (tertiary/aromatic N) is 2. The van der Waals surface area contributed by atoms with E-state index in [-0.39, 0.29) is 23.0 Å². The van der Waals surface area contributed by atoms with Crippen LogP contribution in [0.3, 0.4) is 0 Å². The van der Waals surface area contributed by atoms with Crippen LogP contribution in [0.1, 0.15) is 0 Å². The Balaban J connectivity index is 2.31. The average Bonchev–Trinajstić information content (AvgIpc) is 2.86. The lowest BCUT2D eigenvalue weighted by molar-refractivity contribution is -0.832. The minimum atomic E-state index is -4.13. The van der Waals surface area contributed by atoms with Crippen LogP contribution in [0, 0.1) is 5.21 Å². The van der Waals surface area contributed by atoms with E-state index in [1.807, 2.05) is 0 Å². The maximum Gasteiger partial charge on any atom is 0.415 e. The molecule has 1 aromatic heterocycles. The highest BCUT2D eigenvalue weighted by Gasteiger charge is 2.35. The molecule has 1 unspecified atom stereocenters. The van der Waals surface area contributed by atoms with Gasteiger partial charge >= 0.3 is 10.9 Å². The van der Waals surface area contributed by atoms with Crippen molar-refractivity contribution in [2.45, 2.75) is 9.92 Å². The second kappa shape index (κ2) is 6.70. The summed E-state index contributed by atoms with van der Waals surface area (Å²) in [7, 11) is -5.52. The van der Waals surface area contributed by atoms with Gasteiger partial charge in [-0.1, -0.05) is 18.2 Å². The summed E-state index contributed by atoms with van der Waals surface area (Å²) < 4.78 is 48.7. The molecule has 21 heavy (non-hydrogen) atoms. The fourth-order valence-corrected chi connectivity index (χ4v) is 2.96. The standard InChI is InChI=1S/C10H11N2O7PS/c13-12-10(9(11-19-12)17-6-7-18-20-14)21(15,16)8-4-2-1-3-5-8/h1-5H,6-7,20H2. The molecule has 0 aliphatic carbocycles. The summed E-state index contributed by atoms with van der Waals surface area (Å²) in [5, 5.41) is 14.0. The summed E-state index contributed by atoms with van der Waals surface area (Å²) in [6, 6.07) is 7.33. The van der Waals surface area contributed by atoms with Crippen LogP contribution in [0.15, 0.2) is 44.9 Å². The van der Waals surface area contributed by atoms with Crippen LogP contribution in [0.4, 0.5) is 0 Å². The predicted molar refractivity (Wildman–Crippen MR) is 69.2 cm³/mol. The van der Waals surface area contributed by atoms with Crippen LogP contribution >= 0.6 is 8.69 Å². The molecule has 0 saturated carbocycles. The van der Waals surface area contributed by atoms with E-state index in [9.17, 15) is 18.2 Å². The lowest BCUT2D eigenvalue weighted by atomic mass is 10.4. The van der Waals surface area contributed by atoms with E-state index < -0.39 is 29.4 Å². The molecular weight excluding hydrogens is 323 g/mol. The number of ether oxygens (including phenoxy) is 1. The van der Waals surface area contributed by atoms with Gasteiger partial charge in [-0.25, -0.2) is 8.42 Å². The Morgan fingerprint density at radius 2 is 2.00 bits per heavy atom. The average molecular weight is 334 g/mol. The molecule has 2 rings (SSSR count). The van der Waals surface area contributed by atoms with Crippen molar-refractivity contribution in [1.29, 1.82) is 0 Å². The fraction of sp³-hybridized carbons (Fsp3) is 0.200. The smallest absolute Gasteiger partial charge is 0.415 e. The highest BCUT2D eigenvalue weighted by molar-refractivity contribution is 7.91. The van der Waals surface area contributed by atoms with E-state index in [2.05, 4.69) is 14.3 Å². The molecule has 1 heterocycles. The van der Waals surface area contributed by atoms with Crippen molar-refractivity contribution in [2.75, 3.05) is 13.2 Å². The Bertz CT molecular complexity index is 716. The topological polar surface area (TPSA) is 123 Å². The van der Waals surface area contributed by atoms with Gasteiger partial charge in [0.2, 0.25) is 0 Å². The van der Waals surface area contributed by atoms with Crippen molar-refractivity contribution in [3.8, 4) is 5.88 Å². The Morgan fingerprint density at radius 1 is 1.29 bits per heavy atom. The van der Waals surface area contributed by atoms with Gasteiger partial charge in [0.15, 0.2) is 8.69 Å². The zero-order chi connectivity index (χ0) is 15.3. The van der Waals surface area contributed by atoms with E-state index in [0.29, 0.717) is 0 Å². The molecule has 0 aliphatic heterocycles. The van der Waals surface area contributed by atoms with E-state index in [4.69, 9.17) is 4.74 Å². The number of benzene rings is 1. The van der Waals surface area contributed by atoms with Crippen molar-refractivity contribution in [3.05, 3.63) is 35.5 Å².